The average molecular weight is 276 g/mol. The molecule has 0 radical (unpaired) electrons. The molecule has 110 valence electrons. The van der Waals surface area contributed by atoms with Crippen molar-refractivity contribution in [3.8, 4) is 11.5 Å². The summed E-state index contributed by atoms with van der Waals surface area (Å²) in [7, 11) is 5.92. The first-order chi connectivity index (χ1) is 9.65. The number of fused-ring (bicyclic) bond motifs is 1. The molecule has 1 unspecified atom stereocenters. The van der Waals surface area contributed by atoms with E-state index in [1.165, 1.54) is 5.56 Å². The molecule has 1 atom stereocenters. The Morgan fingerprint density at radius 3 is 2.75 bits per heavy atom. The fourth-order valence-electron chi connectivity index (χ4n) is 3.36. The van der Waals surface area contributed by atoms with Gasteiger partial charge in [-0.05, 0) is 33.0 Å². The first kappa shape index (κ1) is 13.7. The van der Waals surface area contributed by atoms with Gasteiger partial charge in [-0.3, -0.25) is 0 Å². The van der Waals surface area contributed by atoms with Crippen LogP contribution in [0.2, 0.25) is 0 Å². The van der Waals surface area contributed by atoms with Crippen LogP contribution in [-0.4, -0.2) is 44.8 Å². The number of hydrogen-bond acceptors (Lipinski definition) is 4. The van der Waals surface area contributed by atoms with Crippen LogP contribution in [0.15, 0.2) is 18.2 Å². The second-order valence-corrected chi connectivity index (χ2v) is 6.04. The van der Waals surface area contributed by atoms with E-state index in [0.717, 1.165) is 43.9 Å². The lowest BCUT2D eigenvalue weighted by Gasteiger charge is -2.46. The molecular weight excluding hydrogens is 252 g/mol. The predicted octanol–water partition coefficient (Wildman–Crippen LogP) is 2.20. The third-order valence-electron chi connectivity index (χ3n) is 4.75. The Morgan fingerprint density at radius 1 is 1.35 bits per heavy atom. The average Bonchev–Trinajstić information content (AvgIpc) is 2.49. The van der Waals surface area contributed by atoms with Crippen molar-refractivity contribution < 1.29 is 9.47 Å². The Morgan fingerprint density at radius 2 is 2.10 bits per heavy atom. The summed E-state index contributed by atoms with van der Waals surface area (Å²) in [6.45, 7) is 2.21. The molecule has 1 saturated heterocycles. The van der Waals surface area contributed by atoms with Crippen LogP contribution in [0.1, 0.15) is 30.9 Å². The molecule has 2 aliphatic rings. The van der Waals surface area contributed by atoms with E-state index in [-0.39, 0.29) is 5.60 Å². The Hall–Kier alpha value is -1.26. The normalized spacial score (nSPS) is 25.1. The second kappa shape index (κ2) is 5.26. The topological polar surface area (TPSA) is 33.7 Å². The summed E-state index contributed by atoms with van der Waals surface area (Å²) in [6.07, 6.45) is 3.24. The zero-order chi connectivity index (χ0) is 14.2. The summed E-state index contributed by atoms with van der Waals surface area (Å²) in [6, 6.07) is 6.53. The first-order valence-electron chi connectivity index (χ1n) is 7.38. The van der Waals surface area contributed by atoms with E-state index in [1.54, 1.807) is 7.11 Å². The molecule has 1 aromatic carbocycles. The molecule has 0 saturated carbocycles. The number of nitrogens with one attached hydrogen (secondary N) is 1. The molecule has 1 N–H and O–H groups in total. The predicted molar refractivity (Wildman–Crippen MR) is 79.5 cm³/mol. The van der Waals surface area contributed by atoms with Crippen molar-refractivity contribution in [1.29, 1.82) is 0 Å². The monoisotopic (exact) mass is 276 g/mol. The molecule has 2 heterocycles. The van der Waals surface area contributed by atoms with Crippen molar-refractivity contribution in [1.82, 2.24) is 10.2 Å². The number of rotatable bonds is 2. The van der Waals surface area contributed by atoms with Crippen LogP contribution >= 0.6 is 0 Å². The van der Waals surface area contributed by atoms with Gasteiger partial charge in [0, 0.05) is 37.2 Å². The Balaban J connectivity index is 1.92. The number of nitrogens with zero attached hydrogens (tertiary/aromatic N) is 1. The van der Waals surface area contributed by atoms with Crippen LogP contribution in [0, 0.1) is 0 Å². The molecule has 4 nitrogen and oxygen atoms in total. The van der Waals surface area contributed by atoms with E-state index < -0.39 is 0 Å². The largest absolute Gasteiger partial charge is 0.497 e. The van der Waals surface area contributed by atoms with Gasteiger partial charge in [0.25, 0.3) is 0 Å². The summed E-state index contributed by atoms with van der Waals surface area (Å²) >= 11 is 0. The lowest BCUT2D eigenvalue weighted by atomic mass is 9.80. The van der Waals surface area contributed by atoms with Crippen LogP contribution in [0.4, 0.5) is 0 Å². The van der Waals surface area contributed by atoms with E-state index >= 15 is 0 Å². The van der Waals surface area contributed by atoms with E-state index in [9.17, 15) is 0 Å². The molecule has 0 bridgehead atoms. The molecule has 4 heteroatoms. The van der Waals surface area contributed by atoms with Gasteiger partial charge in [-0.25, -0.2) is 0 Å². The van der Waals surface area contributed by atoms with Gasteiger partial charge < -0.3 is 19.7 Å². The van der Waals surface area contributed by atoms with Crippen molar-refractivity contribution in [3.05, 3.63) is 23.8 Å². The number of piperidine rings is 1. The van der Waals surface area contributed by atoms with Gasteiger partial charge in [0.2, 0.25) is 0 Å². The highest BCUT2D eigenvalue weighted by Gasteiger charge is 2.42. The molecule has 0 aromatic heterocycles. The first-order valence-corrected chi connectivity index (χ1v) is 7.38. The molecule has 20 heavy (non-hydrogen) atoms. The van der Waals surface area contributed by atoms with Crippen molar-refractivity contribution in [3.63, 3.8) is 0 Å². The van der Waals surface area contributed by atoms with Crippen LogP contribution in [0.5, 0.6) is 11.5 Å². The smallest absolute Gasteiger partial charge is 0.128 e. The number of likely N-dealkylation sites (tertiary alicyclic amines) is 1. The molecule has 1 aromatic rings. The van der Waals surface area contributed by atoms with E-state index in [2.05, 4.69) is 23.3 Å². The molecule has 0 aliphatic carbocycles. The third-order valence-corrected chi connectivity index (χ3v) is 4.75. The lowest BCUT2D eigenvalue weighted by Crippen LogP contribution is -2.50. The standard InChI is InChI=1S/C16H24N2O2/c1-17-14-11-16(6-8-18(2)9-7-16)20-15-10-12(19-3)4-5-13(14)15/h4-5,10,14,17H,6-9,11H2,1-3H3. The summed E-state index contributed by atoms with van der Waals surface area (Å²) < 4.78 is 11.8. The Bertz CT molecular complexity index is 481. The third kappa shape index (κ3) is 2.38. The van der Waals surface area contributed by atoms with Crippen molar-refractivity contribution >= 4 is 0 Å². The maximum Gasteiger partial charge on any atom is 0.128 e. The van der Waals surface area contributed by atoms with Gasteiger partial charge >= 0.3 is 0 Å². The second-order valence-electron chi connectivity index (χ2n) is 6.04. The van der Waals surface area contributed by atoms with Gasteiger partial charge in [0.15, 0.2) is 0 Å². The fourth-order valence-corrected chi connectivity index (χ4v) is 3.36. The summed E-state index contributed by atoms with van der Waals surface area (Å²) in [5.74, 6) is 1.85. The summed E-state index contributed by atoms with van der Waals surface area (Å²) in [5, 5.41) is 3.45. The number of methoxy groups -OCH3 is 1. The maximum absolute atomic E-state index is 6.44. The van der Waals surface area contributed by atoms with Crippen LogP contribution in [0.3, 0.4) is 0 Å². The number of hydrogen-bond donors (Lipinski definition) is 1. The highest BCUT2D eigenvalue weighted by molar-refractivity contribution is 5.44. The van der Waals surface area contributed by atoms with E-state index in [4.69, 9.17) is 9.47 Å². The van der Waals surface area contributed by atoms with Crippen molar-refractivity contribution in [2.24, 2.45) is 0 Å². The molecule has 1 fully saturated rings. The molecular formula is C16H24N2O2. The van der Waals surface area contributed by atoms with E-state index in [1.807, 2.05) is 19.2 Å². The van der Waals surface area contributed by atoms with E-state index in [0.29, 0.717) is 6.04 Å². The highest BCUT2D eigenvalue weighted by atomic mass is 16.5. The van der Waals surface area contributed by atoms with Gasteiger partial charge in [-0.1, -0.05) is 6.07 Å². The number of benzene rings is 1. The van der Waals surface area contributed by atoms with Crippen LogP contribution in [-0.2, 0) is 0 Å². The minimum absolute atomic E-state index is 0.0143. The molecule has 0 amide bonds. The lowest BCUT2D eigenvalue weighted by molar-refractivity contribution is -0.0196. The Labute approximate surface area is 121 Å². The van der Waals surface area contributed by atoms with Crippen LogP contribution in [0.25, 0.3) is 0 Å². The van der Waals surface area contributed by atoms with Crippen LogP contribution < -0.4 is 14.8 Å². The minimum Gasteiger partial charge on any atom is -0.497 e. The molecule has 1 spiro atoms. The minimum atomic E-state index is -0.0143. The zero-order valence-electron chi connectivity index (χ0n) is 12.6. The zero-order valence-corrected chi connectivity index (χ0v) is 12.6. The summed E-state index contributed by atoms with van der Waals surface area (Å²) in [5.41, 5.74) is 1.23. The fraction of sp³-hybridized carbons (Fsp3) is 0.625. The maximum atomic E-state index is 6.44. The van der Waals surface area contributed by atoms with Gasteiger partial charge in [-0.15, -0.1) is 0 Å². The Kier molecular flexibility index (Phi) is 3.61. The molecule has 3 rings (SSSR count). The highest BCUT2D eigenvalue weighted by Crippen LogP contribution is 2.45. The molecule has 2 aliphatic heterocycles. The van der Waals surface area contributed by atoms with Crippen molar-refractivity contribution in [2.45, 2.75) is 30.9 Å². The number of ether oxygens (including phenoxy) is 2. The SMILES string of the molecule is CNC1CC2(CCN(C)CC2)Oc2cc(OC)ccc21. The summed E-state index contributed by atoms with van der Waals surface area (Å²) in [4.78, 5) is 2.38. The van der Waals surface area contributed by atoms with Gasteiger partial charge in [-0.2, -0.15) is 0 Å². The van der Waals surface area contributed by atoms with Crippen molar-refractivity contribution in [2.75, 3.05) is 34.3 Å². The van der Waals surface area contributed by atoms with Gasteiger partial charge in [0.05, 0.1) is 7.11 Å². The quantitative estimate of drug-likeness (QED) is 0.898. The van der Waals surface area contributed by atoms with Gasteiger partial charge in [0.1, 0.15) is 17.1 Å².